The summed E-state index contributed by atoms with van der Waals surface area (Å²) in [4.78, 5) is 38.2. The van der Waals surface area contributed by atoms with Gasteiger partial charge in [0.25, 0.3) is 11.5 Å². The summed E-state index contributed by atoms with van der Waals surface area (Å²) in [6.07, 6.45) is 1.16. The predicted octanol–water partition coefficient (Wildman–Crippen LogP) is 0.209. The molecule has 0 radical (unpaired) electrons. The van der Waals surface area contributed by atoms with Crippen molar-refractivity contribution in [3.05, 3.63) is 61.9 Å². The van der Waals surface area contributed by atoms with Crippen molar-refractivity contribution in [2.24, 2.45) is 5.10 Å². The van der Waals surface area contributed by atoms with Crippen LogP contribution in [-0.2, 0) is 4.79 Å². The molecule has 0 saturated heterocycles. The molecule has 23 heavy (non-hydrogen) atoms. The van der Waals surface area contributed by atoms with Gasteiger partial charge in [-0.1, -0.05) is 18.2 Å². The Labute approximate surface area is 131 Å². The van der Waals surface area contributed by atoms with E-state index in [0.29, 0.717) is 5.75 Å². The number of nitrogens with one attached hydrogen (secondary N) is 3. The number of amides is 1. The molecule has 1 heterocycles. The standard InChI is InChI=1S/C15H16N4O4/c1-9-4-3-5-10(2)14(9)23-8-13(21)19-16-7-11-6-12(20)18-15(22)17-11/h3-7H,8H2,1-2H3,(H,19,21)(H2,17,18,20,22)/b16-7+. The zero-order chi connectivity index (χ0) is 16.8. The highest BCUT2D eigenvalue weighted by molar-refractivity contribution is 5.81. The molecular formula is C15H16N4O4. The second kappa shape index (κ2) is 7.21. The molecule has 3 N–H and O–H groups in total. The first-order chi connectivity index (χ1) is 11.0. The van der Waals surface area contributed by atoms with Gasteiger partial charge in [0.15, 0.2) is 6.61 Å². The number of aromatic nitrogens is 2. The molecular weight excluding hydrogens is 300 g/mol. The third-order valence-corrected chi connectivity index (χ3v) is 2.93. The SMILES string of the molecule is Cc1cccc(C)c1OCC(=O)N/N=C/c1cc(=O)[nH]c(=O)[nH]1. The van der Waals surface area contributed by atoms with Gasteiger partial charge in [-0.15, -0.1) is 0 Å². The summed E-state index contributed by atoms with van der Waals surface area (Å²) in [7, 11) is 0. The van der Waals surface area contributed by atoms with Gasteiger partial charge in [0.1, 0.15) is 5.75 Å². The zero-order valence-electron chi connectivity index (χ0n) is 12.7. The Morgan fingerprint density at radius 2 is 1.96 bits per heavy atom. The zero-order valence-corrected chi connectivity index (χ0v) is 12.7. The minimum Gasteiger partial charge on any atom is -0.483 e. The first kappa shape index (κ1) is 16.2. The van der Waals surface area contributed by atoms with Gasteiger partial charge in [-0.3, -0.25) is 14.6 Å². The van der Waals surface area contributed by atoms with Crippen LogP contribution in [0.4, 0.5) is 0 Å². The van der Waals surface area contributed by atoms with E-state index in [1.807, 2.05) is 37.0 Å². The number of hydrogen-bond acceptors (Lipinski definition) is 5. The third-order valence-electron chi connectivity index (χ3n) is 2.93. The van der Waals surface area contributed by atoms with Gasteiger partial charge >= 0.3 is 5.69 Å². The fourth-order valence-corrected chi connectivity index (χ4v) is 1.93. The first-order valence-electron chi connectivity index (χ1n) is 6.80. The number of nitrogens with zero attached hydrogens (tertiary/aromatic N) is 1. The van der Waals surface area contributed by atoms with E-state index in [0.717, 1.165) is 23.4 Å². The number of hydrazone groups is 1. The minimum absolute atomic E-state index is 0.176. The average Bonchev–Trinajstić information content (AvgIpc) is 2.45. The number of aryl methyl sites for hydroxylation is 2. The Balaban J connectivity index is 1.91. The molecule has 0 fully saturated rings. The van der Waals surface area contributed by atoms with Crippen molar-refractivity contribution < 1.29 is 9.53 Å². The summed E-state index contributed by atoms with van der Waals surface area (Å²) in [5, 5.41) is 3.65. The largest absolute Gasteiger partial charge is 0.483 e. The van der Waals surface area contributed by atoms with E-state index in [2.05, 4.69) is 15.5 Å². The fraction of sp³-hybridized carbons (Fsp3) is 0.200. The topological polar surface area (TPSA) is 116 Å². The molecule has 0 aliphatic heterocycles. The Kier molecular flexibility index (Phi) is 5.08. The average molecular weight is 316 g/mol. The van der Waals surface area contributed by atoms with E-state index in [4.69, 9.17) is 4.74 Å². The Morgan fingerprint density at radius 3 is 2.61 bits per heavy atom. The monoisotopic (exact) mass is 316 g/mol. The quantitative estimate of drug-likeness (QED) is 0.540. The molecule has 0 spiro atoms. The maximum Gasteiger partial charge on any atom is 0.326 e. The van der Waals surface area contributed by atoms with Crippen molar-refractivity contribution >= 4 is 12.1 Å². The van der Waals surface area contributed by atoms with Gasteiger partial charge in [0, 0.05) is 6.07 Å². The smallest absolute Gasteiger partial charge is 0.326 e. The second-order valence-electron chi connectivity index (χ2n) is 4.85. The van der Waals surface area contributed by atoms with Gasteiger partial charge in [-0.25, -0.2) is 10.2 Å². The van der Waals surface area contributed by atoms with Crippen LogP contribution in [0.25, 0.3) is 0 Å². The van der Waals surface area contributed by atoms with Crippen molar-refractivity contribution in [2.75, 3.05) is 6.61 Å². The lowest BCUT2D eigenvalue weighted by molar-refractivity contribution is -0.123. The number of carbonyl (C=O) groups is 1. The molecule has 1 aromatic heterocycles. The number of ether oxygens (including phenoxy) is 1. The molecule has 0 aliphatic carbocycles. The van der Waals surface area contributed by atoms with Crippen LogP contribution in [0.5, 0.6) is 5.75 Å². The molecule has 1 amide bonds. The molecule has 0 saturated carbocycles. The number of hydrogen-bond donors (Lipinski definition) is 3. The van der Waals surface area contributed by atoms with Crippen LogP contribution >= 0.6 is 0 Å². The highest BCUT2D eigenvalue weighted by Crippen LogP contribution is 2.21. The van der Waals surface area contributed by atoms with Crippen LogP contribution < -0.4 is 21.4 Å². The van der Waals surface area contributed by atoms with Crippen LogP contribution in [-0.4, -0.2) is 28.7 Å². The summed E-state index contributed by atoms with van der Waals surface area (Å²) in [5.41, 5.74) is 3.09. The van der Waals surface area contributed by atoms with E-state index in [1.165, 1.54) is 0 Å². The summed E-state index contributed by atoms with van der Waals surface area (Å²) < 4.78 is 5.47. The lowest BCUT2D eigenvalue weighted by atomic mass is 10.1. The van der Waals surface area contributed by atoms with Gasteiger partial charge in [0.2, 0.25) is 0 Å². The summed E-state index contributed by atoms with van der Waals surface area (Å²) >= 11 is 0. The third kappa shape index (κ3) is 4.67. The normalized spacial score (nSPS) is 10.7. The molecule has 0 bridgehead atoms. The van der Waals surface area contributed by atoms with Crippen LogP contribution in [0.15, 0.2) is 39.0 Å². The number of aromatic amines is 2. The number of para-hydroxylation sites is 1. The van der Waals surface area contributed by atoms with Crippen molar-refractivity contribution in [3.63, 3.8) is 0 Å². The number of H-pyrrole nitrogens is 2. The highest BCUT2D eigenvalue weighted by atomic mass is 16.5. The highest BCUT2D eigenvalue weighted by Gasteiger charge is 2.06. The number of benzene rings is 1. The van der Waals surface area contributed by atoms with Gasteiger partial charge in [-0.05, 0) is 25.0 Å². The van der Waals surface area contributed by atoms with Crippen molar-refractivity contribution in [2.45, 2.75) is 13.8 Å². The summed E-state index contributed by atoms with van der Waals surface area (Å²) in [6, 6.07) is 6.83. The second-order valence-corrected chi connectivity index (χ2v) is 4.85. The van der Waals surface area contributed by atoms with Crippen molar-refractivity contribution in [1.82, 2.24) is 15.4 Å². The van der Waals surface area contributed by atoms with Gasteiger partial charge < -0.3 is 9.72 Å². The molecule has 120 valence electrons. The fourth-order valence-electron chi connectivity index (χ4n) is 1.93. The molecule has 8 nitrogen and oxygen atoms in total. The number of carbonyl (C=O) groups excluding carboxylic acids is 1. The van der Waals surface area contributed by atoms with Gasteiger partial charge in [-0.2, -0.15) is 5.10 Å². The molecule has 2 rings (SSSR count). The number of rotatable bonds is 5. The van der Waals surface area contributed by atoms with E-state index in [9.17, 15) is 14.4 Å². The van der Waals surface area contributed by atoms with E-state index in [1.54, 1.807) is 0 Å². The van der Waals surface area contributed by atoms with E-state index in [-0.39, 0.29) is 12.3 Å². The maximum atomic E-state index is 11.7. The van der Waals surface area contributed by atoms with Crippen LogP contribution in [0.2, 0.25) is 0 Å². The van der Waals surface area contributed by atoms with Crippen molar-refractivity contribution in [1.29, 1.82) is 0 Å². The summed E-state index contributed by atoms with van der Waals surface area (Å²) in [5.74, 6) is 0.196. The minimum atomic E-state index is -0.649. The molecule has 1 aromatic carbocycles. The molecule has 2 aromatic rings. The Hall–Kier alpha value is -3.16. The maximum absolute atomic E-state index is 11.7. The summed E-state index contributed by atoms with van der Waals surface area (Å²) in [6.45, 7) is 3.58. The van der Waals surface area contributed by atoms with Crippen LogP contribution in [0, 0.1) is 13.8 Å². The molecule has 0 unspecified atom stereocenters. The Morgan fingerprint density at radius 1 is 1.26 bits per heavy atom. The Bertz CT molecular complexity index is 803. The lowest BCUT2D eigenvalue weighted by Gasteiger charge is -2.10. The first-order valence-corrected chi connectivity index (χ1v) is 6.80. The van der Waals surface area contributed by atoms with E-state index >= 15 is 0 Å². The molecule has 0 atom stereocenters. The molecule has 8 heteroatoms. The lowest BCUT2D eigenvalue weighted by Crippen LogP contribution is -2.26. The predicted molar refractivity (Wildman–Crippen MR) is 84.8 cm³/mol. The van der Waals surface area contributed by atoms with E-state index < -0.39 is 17.2 Å². The molecule has 0 aliphatic rings. The van der Waals surface area contributed by atoms with Gasteiger partial charge in [0.05, 0.1) is 11.9 Å². The van der Waals surface area contributed by atoms with Crippen molar-refractivity contribution in [3.8, 4) is 5.75 Å². The van der Waals surface area contributed by atoms with Crippen LogP contribution in [0.3, 0.4) is 0 Å². The van der Waals surface area contributed by atoms with Crippen LogP contribution in [0.1, 0.15) is 16.8 Å².